The molecule has 0 unspecified atom stereocenters. The molecule has 7 heteroatoms. The van der Waals surface area contributed by atoms with Crippen LogP contribution in [0.15, 0.2) is 4.52 Å². The Hall–Kier alpha value is -1.24. The number of carbonyl (C=O) groups excluding carboxylic acids is 1. The molecule has 1 rings (SSSR count). The third kappa shape index (κ3) is 7.94. The van der Waals surface area contributed by atoms with Crippen LogP contribution in [0.3, 0.4) is 0 Å². The molecule has 0 spiro atoms. The van der Waals surface area contributed by atoms with Gasteiger partial charge in [0.1, 0.15) is 15.6 Å². The maximum absolute atomic E-state index is 11.4. The van der Waals surface area contributed by atoms with Gasteiger partial charge in [0.25, 0.3) is 0 Å². The Bertz CT molecular complexity index is 537. The second-order valence-corrected chi connectivity index (χ2v) is 7.68. The van der Waals surface area contributed by atoms with Crippen LogP contribution in [0.25, 0.3) is 0 Å². The van der Waals surface area contributed by atoms with Crippen LogP contribution in [0.2, 0.25) is 0 Å². The maximum atomic E-state index is 11.4. The average Bonchev–Trinajstić information content (AvgIpc) is 2.88. The van der Waals surface area contributed by atoms with Crippen molar-refractivity contribution < 1.29 is 17.7 Å². The zero-order chi connectivity index (χ0) is 15.7. The van der Waals surface area contributed by atoms with Crippen molar-refractivity contribution in [2.24, 2.45) is 0 Å². The van der Waals surface area contributed by atoms with E-state index < -0.39 is 9.84 Å². The van der Waals surface area contributed by atoms with Gasteiger partial charge in [0.05, 0.1) is 5.75 Å². The average molecular weight is 316 g/mol. The Morgan fingerprint density at radius 2 is 1.86 bits per heavy atom. The van der Waals surface area contributed by atoms with Gasteiger partial charge < -0.3 is 9.32 Å². The quantitative estimate of drug-likeness (QED) is 0.581. The highest BCUT2D eigenvalue weighted by molar-refractivity contribution is 7.91. The van der Waals surface area contributed by atoms with Crippen molar-refractivity contribution in [2.75, 3.05) is 11.5 Å². The fourth-order valence-electron chi connectivity index (χ4n) is 1.89. The van der Waals surface area contributed by atoms with E-state index in [0.29, 0.717) is 31.0 Å². The summed E-state index contributed by atoms with van der Waals surface area (Å²) in [5.41, 5.74) is 0. The minimum Gasteiger partial charge on any atom is -0.339 e. The van der Waals surface area contributed by atoms with Gasteiger partial charge in [-0.25, -0.2) is 8.42 Å². The van der Waals surface area contributed by atoms with Crippen LogP contribution in [0.1, 0.15) is 57.7 Å². The lowest BCUT2D eigenvalue weighted by Gasteiger charge is -1.97. The molecule has 0 aliphatic heterocycles. The number of sulfone groups is 1. The highest BCUT2D eigenvalue weighted by Gasteiger charge is 2.11. The molecule has 6 nitrogen and oxygen atoms in total. The van der Waals surface area contributed by atoms with Crippen molar-refractivity contribution in [3.8, 4) is 0 Å². The SMILES string of the molecule is CCS(=O)(=O)CCc1noc(CCCCCCC(C)=O)n1. The zero-order valence-corrected chi connectivity index (χ0v) is 13.6. The molecular formula is C14H24N2O4S. The van der Waals surface area contributed by atoms with Gasteiger partial charge in [0, 0.05) is 25.0 Å². The molecule has 0 atom stereocenters. The molecule has 0 fully saturated rings. The number of rotatable bonds is 11. The monoisotopic (exact) mass is 316 g/mol. The third-order valence-electron chi connectivity index (χ3n) is 3.26. The van der Waals surface area contributed by atoms with E-state index in [4.69, 9.17) is 4.52 Å². The summed E-state index contributed by atoms with van der Waals surface area (Å²) in [5.74, 6) is 1.45. The summed E-state index contributed by atoms with van der Waals surface area (Å²) in [6.45, 7) is 3.24. The summed E-state index contributed by atoms with van der Waals surface area (Å²) in [7, 11) is -2.99. The molecule has 0 aromatic carbocycles. The first-order valence-corrected chi connectivity index (χ1v) is 9.26. The van der Waals surface area contributed by atoms with Crippen LogP contribution in [0, 0.1) is 0 Å². The Morgan fingerprint density at radius 1 is 1.14 bits per heavy atom. The first-order valence-electron chi connectivity index (χ1n) is 7.44. The van der Waals surface area contributed by atoms with Gasteiger partial charge in [-0.2, -0.15) is 4.98 Å². The number of hydrogen-bond acceptors (Lipinski definition) is 6. The van der Waals surface area contributed by atoms with Crippen molar-refractivity contribution in [3.05, 3.63) is 11.7 Å². The largest absolute Gasteiger partial charge is 0.339 e. The van der Waals surface area contributed by atoms with Crippen LogP contribution < -0.4 is 0 Å². The van der Waals surface area contributed by atoms with Gasteiger partial charge in [0.15, 0.2) is 5.82 Å². The Morgan fingerprint density at radius 3 is 2.52 bits per heavy atom. The molecule has 120 valence electrons. The molecule has 0 N–H and O–H groups in total. The van der Waals surface area contributed by atoms with Crippen LogP contribution in [0.4, 0.5) is 0 Å². The summed E-state index contributed by atoms with van der Waals surface area (Å²) >= 11 is 0. The number of hydrogen-bond donors (Lipinski definition) is 0. The fraction of sp³-hybridized carbons (Fsp3) is 0.786. The molecule has 1 heterocycles. The summed E-state index contributed by atoms with van der Waals surface area (Å²) < 4.78 is 27.9. The molecule has 1 aromatic rings. The predicted octanol–water partition coefficient (Wildman–Crippen LogP) is 2.13. The minimum atomic E-state index is -2.99. The molecule has 0 saturated heterocycles. The van der Waals surface area contributed by atoms with Gasteiger partial charge in [-0.05, 0) is 19.8 Å². The molecule has 0 aliphatic carbocycles. The van der Waals surface area contributed by atoms with Gasteiger partial charge in [0.2, 0.25) is 5.89 Å². The van der Waals surface area contributed by atoms with E-state index in [1.165, 1.54) is 0 Å². The maximum Gasteiger partial charge on any atom is 0.226 e. The lowest BCUT2D eigenvalue weighted by Crippen LogP contribution is -2.11. The summed E-state index contributed by atoms with van der Waals surface area (Å²) in [4.78, 5) is 15.0. The van der Waals surface area contributed by atoms with E-state index in [9.17, 15) is 13.2 Å². The molecule has 21 heavy (non-hydrogen) atoms. The number of carbonyl (C=O) groups is 1. The van der Waals surface area contributed by atoms with E-state index in [2.05, 4.69) is 10.1 Å². The standard InChI is InChI=1S/C14H24N2O4S/c1-3-21(18,19)11-10-13-15-14(20-16-13)9-7-5-4-6-8-12(2)17/h3-11H2,1-2H3. The molecule has 0 aliphatic rings. The van der Waals surface area contributed by atoms with Crippen molar-refractivity contribution >= 4 is 15.6 Å². The first-order chi connectivity index (χ1) is 9.93. The summed E-state index contributed by atoms with van der Waals surface area (Å²) in [6.07, 6.45) is 5.57. The summed E-state index contributed by atoms with van der Waals surface area (Å²) in [6, 6.07) is 0. The second-order valence-electron chi connectivity index (χ2n) is 5.21. The molecule has 0 amide bonds. The Balaban J connectivity index is 2.21. The van der Waals surface area contributed by atoms with E-state index >= 15 is 0 Å². The van der Waals surface area contributed by atoms with Crippen LogP contribution in [-0.4, -0.2) is 35.8 Å². The van der Waals surface area contributed by atoms with Crippen LogP contribution in [-0.2, 0) is 27.5 Å². The van der Waals surface area contributed by atoms with E-state index in [-0.39, 0.29) is 17.3 Å². The molecule has 0 bridgehead atoms. The number of Topliss-reactive ketones (excluding diaryl/α,β-unsaturated/α-hetero) is 1. The van der Waals surface area contributed by atoms with Crippen molar-refractivity contribution in [2.45, 2.75) is 58.8 Å². The third-order valence-corrected chi connectivity index (χ3v) is 4.96. The summed E-state index contributed by atoms with van der Waals surface area (Å²) in [5, 5.41) is 3.80. The number of ketones is 1. The smallest absolute Gasteiger partial charge is 0.226 e. The number of aromatic nitrogens is 2. The second kappa shape index (κ2) is 8.92. The fourth-order valence-corrected chi connectivity index (χ4v) is 2.67. The van der Waals surface area contributed by atoms with E-state index in [1.807, 2.05) is 0 Å². The highest BCUT2D eigenvalue weighted by Crippen LogP contribution is 2.08. The van der Waals surface area contributed by atoms with Crippen molar-refractivity contribution in [3.63, 3.8) is 0 Å². The first kappa shape index (κ1) is 17.8. The number of aryl methyl sites for hydroxylation is 2. The number of nitrogens with zero attached hydrogens (tertiary/aromatic N) is 2. The molecule has 0 radical (unpaired) electrons. The molecular weight excluding hydrogens is 292 g/mol. The van der Waals surface area contributed by atoms with E-state index in [1.54, 1.807) is 13.8 Å². The van der Waals surface area contributed by atoms with Crippen molar-refractivity contribution in [1.29, 1.82) is 0 Å². The van der Waals surface area contributed by atoms with Crippen molar-refractivity contribution in [1.82, 2.24) is 10.1 Å². The Labute approximate surface area is 126 Å². The topological polar surface area (TPSA) is 90.1 Å². The van der Waals surface area contributed by atoms with Gasteiger partial charge in [-0.3, -0.25) is 0 Å². The van der Waals surface area contributed by atoms with Crippen LogP contribution in [0.5, 0.6) is 0 Å². The molecule has 0 saturated carbocycles. The Kier molecular flexibility index (Phi) is 7.56. The van der Waals surface area contributed by atoms with Crippen LogP contribution >= 0.6 is 0 Å². The van der Waals surface area contributed by atoms with E-state index in [0.717, 1.165) is 25.7 Å². The van der Waals surface area contributed by atoms with Gasteiger partial charge in [-0.1, -0.05) is 24.9 Å². The zero-order valence-electron chi connectivity index (χ0n) is 12.8. The van der Waals surface area contributed by atoms with Gasteiger partial charge in [-0.15, -0.1) is 0 Å². The number of unbranched alkanes of at least 4 members (excludes halogenated alkanes) is 3. The van der Waals surface area contributed by atoms with Gasteiger partial charge >= 0.3 is 0 Å². The molecule has 1 aromatic heterocycles. The lowest BCUT2D eigenvalue weighted by atomic mass is 10.1. The predicted molar refractivity (Wildman–Crippen MR) is 79.8 cm³/mol. The highest BCUT2D eigenvalue weighted by atomic mass is 32.2. The lowest BCUT2D eigenvalue weighted by molar-refractivity contribution is -0.117. The minimum absolute atomic E-state index is 0.0630. The normalized spacial score (nSPS) is 11.7.